The van der Waals surface area contributed by atoms with Gasteiger partial charge in [-0.25, -0.2) is 4.79 Å². The summed E-state index contributed by atoms with van der Waals surface area (Å²) >= 11 is 0. The van der Waals surface area contributed by atoms with Crippen LogP contribution in [0.3, 0.4) is 0 Å². The predicted molar refractivity (Wildman–Crippen MR) is 61.8 cm³/mol. The van der Waals surface area contributed by atoms with Gasteiger partial charge in [0.1, 0.15) is 0 Å². The van der Waals surface area contributed by atoms with Crippen molar-refractivity contribution in [2.24, 2.45) is 5.73 Å². The number of nitrogens with zero attached hydrogens (tertiary/aromatic N) is 2. The van der Waals surface area contributed by atoms with Crippen LogP contribution in [0.5, 0.6) is 0 Å². The molecule has 0 bridgehead atoms. The molecule has 6 heteroatoms. The lowest BCUT2D eigenvalue weighted by Crippen LogP contribution is -2.51. The lowest BCUT2D eigenvalue weighted by atomic mass is 10.1. The maximum absolute atomic E-state index is 11.7. The topological polar surface area (TPSA) is 99.2 Å². The largest absolute Gasteiger partial charge is 0.351 e. The second-order valence-electron chi connectivity index (χ2n) is 4.30. The number of primary amides is 1. The summed E-state index contributed by atoms with van der Waals surface area (Å²) in [4.78, 5) is 24.1. The molecular formula is C11H18N4O2. The fourth-order valence-electron chi connectivity index (χ4n) is 2.28. The van der Waals surface area contributed by atoms with E-state index in [9.17, 15) is 9.59 Å². The molecule has 3 amide bonds. The highest BCUT2D eigenvalue weighted by atomic mass is 16.2. The van der Waals surface area contributed by atoms with Gasteiger partial charge in [-0.05, 0) is 19.8 Å². The summed E-state index contributed by atoms with van der Waals surface area (Å²) in [5.74, 6) is -0.445. The van der Waals surface area contributed by atoms with Gasteiger partial charge >= 0.3 is 6.03 Å². The maximum Gasteiger partial charge on any atom is 0.318 e. The van der Waals surface area contributed by atoms with Gasteiger partial charge in [0.15, 0.2) is 0 Å². The molecule has 0 aliphatic heterocycles. The summed E-state index contributed by atoms with van der Waals surface area (Å²) in [7, 11) is 0. The van der Waals surface area contributed by atoms with Gasteiger partial charge in [-0.3, -0.25) is 15.0 Å². The fourth-order valence-corrected chi connectivity index (χ4v) is 2.28. The minimum absolute atomic E-state index is 0.192. The Morgan fingerprint density at radius 3 is 2.59 bits per heavy atom. The van der Waals surface area contributed by atoms with Crippen LogP contribution in [0.15, 0.2) is 0 Å². The number of amides is 3. The van der Waals surface area contributed by atoms with E-state index >= 15 is 0 Å². The SMILES string of the molecule is CC(C(=O)NC(N)=O)N(CC#N)C1CCCC1. The van der Waals surface area contributed by atoms with Gasteiger partial charge in [-0.1, -0.05) is 12.8 Å². The van der Waals surface area contributed by atoms with E-state index in [-0.39, 0.29) is 12.6 Å². The van der Waals surface area contributed by atoms with Gasteiger partial charge in [0.05, 0.1) is 18.7 Å². The Balaban J connectivity index is 2.65. The highest BCUT2D eigenvalue weighted by Gasteiger charge is 2.30. The molecule has 0 aromatic heterocycles. The smallest absolute Gasteiger partial charge is 0.318 e. The Morgan fingerprint density at radius 1 is 1.53 bits per heavy atom. The number of carbonyl (C=O) groups excluding carboxylic acids is 2. The zero-order chi connectivity index (χ0) is 12.8. The summed E-state index contributed by atoms with van der Waals surface area (Å²) in [6, 6.07) is 0.951. The van der Waals surface area contributed by atoms with E-state index in [1.54, 1.807) is 6.92 Å². The minimum atomic E-state index is -0.856. The van der Waals surface area contributed by atoms with E-state index in [0.717, 1.165) is 25.7 Å². The van der Waals surface area contributed by atoms with Gasteiger partial charge in [0, 0.05) is 6.04 Å². The number of hydrogen-bond acceptors (Lipinski definition) is 4. The van der Waals surface area contributed by atoms with E-state index in [1.807, 2.05) is 4.90 Å². The van der Waals surface area contributed by atoms with Crippen LogP contribution in [-0.2, 0) is 4.79 Å². The Bertz CT molecular complexity index is 331. The Labute approximate surface area is 101 Å². The van der Waals surface area contributed by atoms with Crippen LogP contribution in [0.4, 0.5) is 4.79 Å². The molecule has 94 valence electrons. The van der Waals surface area contributed by atoms with Crippen molar-refractivity contribution in [3.63, 3.8) is 0 Å². The minimum Gasteiger partial charge on any atom is -0.351 e. The lowest BCUT2D eigenvalue weighted by Gasteiger charge is -2.30. The molecule has 0 aromatic carbocycles. The quantitative estimate of drug-likeness (QED) is 0.690. The highest BCUT2D eigenvalue weighted by molar-refractivity contribution is 5.96. The summed E-state index contributed by atoms with van der Waals surface area (Å²) in [5.41, 5.74) is 4.90. The van der Waals surface area contributed by atoms with Crippen molar-refractivity contribution in [2.75, 3.05) is 6.54 Å². The molecule has 6 nitrogen and oxygen atoms in total. The summed E-state index contributed by atoms with van der Waals surface area (Å²) < 4.78 is 0. The molecule has 1 saturated carbocycles. The second-order valence-corrected chi connectivity index (χ2v) is 4.30. The molecule has 1 aliphatic carbocycles. The molecule has 17 heavy (non-hydrogen) atoms. The third-order valence-electron chi connectivity index (χ3n) is 3.17. The second kappa shape index (κ2) is 6.21. The Hall–Kier alpha value is -1.61. The number of nitrogens with one attached hydrogen (secondary N) is 1. The number of nitriles is 1. The first-order valence-electron chi connectivity index (χ1n) is 5.79. The summed E-state index contributed by atoms with van der Waals surface area (Å²) in [5, 5.41) is 10.8. The van der Waals surface area contributed by atoms with Crippen molar-refractivity contribution >= 4 is 11.9 Å². The van der Waals surface area contributed by atoms with Crippen LogP contribution in [0.25, 0.3) is 0 Å². The van der Waals surface area contributed by atoms with Crippen LogP contribution in [-0.4, -0.2) is 35.5 Å². The van der Waals surface area contributed by atoms with Crippen LogP contribution in [0.1, 0.15) is 32.6 Å². The van der Waals surface area contributed by atoms with Crippen molar-refractivity contribution < 1.29 is 9.59 Å². The molecule has 1 rings (SSSR count). The Morgan fingerprint density at radius 2 is 2.12 bits per heavy atom. The maximum atomic E-state index is 11.7. The van der Waals surface area contributed by atoms with Crippen molar-refractivity contribution in [3.8, 4) is 6.07 Å². The van der Waals surface area contributed by atoms with Crippen molar-refractivity contribution in [1.82, 2.24) is 10.2 Å². The van der Waals surface area contributed by atoms with E-state index in [0.29, 0.717) is 0 Å². The molecule has 1 fully saturated rings. The number of nitrogens with two attached hydrogens (primary N) is 1. The Kier molecular flexibility index (Phi) is 4.91. The number of rotatable bonds is 4. The molecule has 1 aliphatic rings. The van der Waals surface area contributed by atoms with Gasteiger partial charge in [-0.15, -0.1) is 0 Å². The van der Waals surface area contributed by atoms with Crippen LogP contribution >= 0.6 is 0 Å². The standard InChI is InChI=1S/C11H18N4O2/c1-8(10(16)14-11(13)17)15(7-6-12)9-4-2-3-5-9/h8-9H,2-5,7H2,1H3,(H3,13,14,16,17). The van der Waals surface area contributed by atoms with E-state index in [4.69, 9.17) is 11.0 Å². The predicted octanol–water partition coefficient (Wildman–Crippen LogP) is 0.338. The zero-order valence-electron chi connectivity index (χ0n) is 9.98. The van der Waals surface area contributed by atoms with Crippen molar-refractivity contribution in [2.45, 2.75) is 44.7 Å². The third kappa shape index (κ3) is 3.71. The lowest BCUT2D eigenvalue weighted by molar-refractivity contribution is -0.125. The molecule has 0 spiro atoms. The van der Waals surface area contributed by atoms with Crippen molar-refractivity contribution in [1.29, 1.82) is 5.26 Å². The highest BCUT2D eigenvalue weighted by Crippen LogP contribution is 2.24. The number of carbonyl (C=O) groups is 2. The van der Waals surface area contributed by atoms with Crippen molar-refractivity contribution in [3.05, 3.63) is 0 Å². The number of hydrogen-bond donors (Lipinski definition) is 2. The third-order valence-corrected chi connectivity index (χ3v) is 3.17. The molecule has 0 heterocycles. The van der Waals surface area contributed by atoms with Gasteiger partial charge in [0.25, 0.3) is 0 Å². The normalized spacial score (nSPS) is 17.7. The molecule has 0 saturated heterocycles. The average Bonchev–Trinajstić information content (AvgIpc) is 2.77. The van der Waals surface area contributed by atoms with E-state index in [1.165, 1.54) is 0 Å². The number of imide groups is 1. The summed E-state index contributed by atoms with van der Waals surface area (Å²) in [6.07, 6.45) is 4.24. The van der Waals surface area contributed by atoms with Gasteiger partial charge in [0.2, 0.25) is 5.91 Å². The van der Waals surface area contributed by atoms with Crippen LogP contribution in [0, 0.1) is 11.3 Å². The van der Waals surface area contributed by atoms with E-state index < -0.39 is 18.0 Å². The first-order chi connectivity index (χ1) is 8.06. The first kappa shape index (κ1) is 13.5. The molecule has 3 N–H and O–H groups in total. The average molecular weight is 238 g/mol. The fraction of sp³-hybridized carbons (Fsp3) is 0.727. The van der Waals surface area contributed by atoms with Crippen LogP contribution in [0.2, 0.25) is 0 Å². The zero-order valence-corrected chi connectivity index (χ0v) is 9.98. The monoisotopic (exact) mass is 238 g/mol. The first-order valence-corrected chi connectivity index (χ1v) is 5.79. The summed E-state index contributed by atoms with van der Waals surface area (Å²) in [6.45, 7) is 1.88. The van der Waals surface area contributed by atoms with Gasteiger partial charge < -0.3 is 5.73 Å². The van der Waals surface area contributed by atoms with Crippen LogP contribution < -0.4 is 11.1 Å². The molecule has 1 atom stereocenters. The molecule has 0 radical (unpaired) electrons. The number of urea groups is 1. The molecule has 0 aromatic rings. The molecule has 1 unspecified atom stereocenters. The van der Waals surface area contributed by atoms with Gasteiger partial charge in [-0.2, -0.15) is 5.26 Å². The molecular weight excluding hydrogens is 220 g/mol. The van der Waals surface area contributed by atoms with E-state index in [2.05, 4.69) is 11.4 Å².